The molecule has 4 nitrogen and oxygen atoms in total. The highest BCUT2D eigenvalue weighted by Crippen LogP contribution is 2.28. The van der Waals surface area contributed by atoms with Crippen molar-refractivity contribution in [1.29, 1.82) is 0 Å². The Morgan fingerprint density at radius 2 is 1.90 bits per heavy atom. The predicted molar refractivity (Wildman–Crippen MR) is 85.2 cm³/mol. The lowest BCUT2D eigenvalue weighted by Gasteiger charge is -2.14. The van der Waals surface area contributed by atoms with Gasteiger partial charge in [-0.05, 0) is 49.2 Å². The highest BCUT2D eigenvalue weighted by molar-refractivity contribution is 9.10. The van der Waals surface area contributed by atoms with Crippen LogP contribution in [0, 0.1) is 19.7 Å². The Morgan fingerprint density at radius 1 is 1.24 bits per heavy atom. The van der Waals surface area contributed by atoms with Gasteiger partial charge in [-0.15, -0.1) is 0 Å². The van der Waals surface area contributed by atoms with E-state index in [1.54, 1.807) is 19.1 Å². The van der Waals surface area contributed by atoms with Gasteiger partial charge in [-0.25, -0.2) is 12.8 Å². The van der Waals surface area contributed by atoms with E-state index in [2.05, 4.69) is 20.7 Å². The summed E-state index contributed by atoms with van der Waals surface area (Å²) in [5.74, 6) is -0.634. The maximum Gasteiger partial charge on any atom is 0.262 e. The van der Waals surface area contributed by atoms with Crippen LogP contribution in [0.1, 0.15) is 11.1 Å². The fourth-order valence-electron chi connectivity index (χ4n) is 1.88. The number of rotatable bonds is 3. The first-order valence-corrected chi connectivity index (χ1v) is 8.33. The molecule has 21 heavy (non-hydrogen) atoms. The molecule has 0 aliphatic rings. The average molecular weight is 373 g/mol. The maximum absolute atomic E-state index is 13.3. The summed E-state index contributed by atoms with van der Waals surface area (Å²) >= 11 is 3.34. The van der Waals surface area contributed by atoms with E-state index < -0.39 is 15.8 Å². The Kier molecular flexibility index (Phi) is 4.25. The number of aryl methyl sites for hydroxylation is 1. The number of nitrogen functional groups attached to an aromatic ring is 1. The molecular weight excluding hydrogens is 359 g/mol. The van der Waals surface area contributed by atoms with Gasteiger partial charge in [0, 0.05) is 4.47 Å². The number of halogens is 2. The fourth-order valence-corrected chi connectivity index (χ4v) is 3.63. The van der Waals surface area contributed by atoms with E-state index in [-0.39, 0.29) is 10.6 Å². The summed E-state index contributed by atoms with van der Waals surface area (Å²) in [5.41, 5.74) is 6.76. The van der Waals surface area contributed by atoms with Crippen molar-refractivity contribution in [3.05, 3.63) is 51.7 Å². The zero-order chi connectivity index (χ0) is 15.8. The molecular formula is C14H14BrFN2O2S. The fraction of sp³-hybridized carbons (Fsp3) is 0.143. The van der Waals surface area contributed by atoms with Crippen LogP contribution in [0.25, 0.3) is 0 Å². The van der Waals surface area contributed by atoms with Gasteiger partial charge in [0.05, 0.1) is 16.3 Å². The molecule has 2 aromatic rings. The smallest absolute Gasteiger partial charge is 0.262 e. The van der Waals surface area contributed by atoms with Crippen molar-refractivity contribution in [2.45, 2.75) is 18.7 Å². The Morgan fingerprint density at radius 3 is 2.57 bits per heavy atom. The van der Waals surface area contributed by atoms with Crippen LogP contribution < -0.4 is 10.5 Å². The summed E-state index contributed by atoms with van der Waals surface area (Å²) in [6, 6.07) is 7.42. The van der Waals surface area contributed by atoms with Gasteiger partial charge in [-0.2, -0.15) is 0 Å². The first-order valence-electron chi connectivity index (χ1n) is 6.06. The van der Waals surface area contributed by atoms with Crippen LogP contribution in [-0.4, -0.2) is 8.42 Å². The quantitative estimate of drug-likeness (QED) is 0.808. The van der Waals surface area contributed by atoms with E-state index >= 15 is 0 Å². The Hall–Kier alpha value is -1.60. The van der Waals surface area contributed by atoms with E-state index in [9.17, 15) is 12.8 Å². The first kappa shape index (κ1) is 15.8. The van der Waals surface area contributed by atoms with E-state index in [0.29, 0.717) is 11.3 Å². The van der Waals surface area contributed by atoms with Gasteiger partial charge in [0.2, 0.25) is 0 Å². The van der Waals surface area contributed by atoms with Crippen molar-refractivity contribution in [2.75, 3.05) is 10.5 Å². The van der Waals surface area contributed by atoms with Gasteiger partial charge >= 0.3 is 0 Å². The first-order chi connectivity index (χ1) is 9.72. The van der Waals surface area contributed by atoms with Crippen LogP contribution in [0.3, 0.4) is 0 Å². The summed E-state index contributed by atoms with van der Waals surface area (Å²) in [7, 11) is -3.84. The third-order valence-electron chi connectivity index (χ3n) is 3.10. The molecule has 0 unspecified atom stereocenters. The molecule has 0 saturated carbocycles. The Balaban J connectivity index is 2.48. The Labute approximate surface area is 131 Å². The summed E-state index contributed by atoms with van der Waals surface area (Å²) in [5, 5.41) is 0. The van der Waals surface area contributed by atoms with E-state index in [1.807, 2.05) is 6.07 Å². The van der Waals surface area contributed by atoms with Crippen molar-refractivity contribution in [3.63, 3.8) is 0 Å². The molecule has 0 fully saturated rings. The van der Waals surface area contributed by atoms with E-state index in [4.69, 9.17) is 5.73 Å². The maximum atomic E-state index is 13.3. The van der Waals surface area contributed by atoms with E-state index in [1.165, 1.54) is 6.92 Å². The Bertz CT molecular complexity index is 807. The molecule has 0 aliphatic carbocycles. The van der Waals surface area contributed by atoms with Crippen LogP contribution in [0.5, 0.6) is 0 Å². The summed E-state index contributed by atoms with van der Waals surface area (Å²) in [4.78, 5) is -0.0409. The lowest BCUT2D eigenvalue weighted by Crippen LogP contribution is -2.16. The largest absolute Gasteiger partial charge is 0.396 e. The molecule has 7 heteroatoms. The third-order valence-corrected chi connectivity index (χ3v) is 5.46. The van der Waals surface area contributed by atoms with Crippen molar-refractivity contribution < 1.29 is 12.8 Å². The second-order valence-corrected chi connectivity index (χ2v) is 7.16. The molecule has 0 radical (unpaired) electrons. The van der Waals surface area contributed by atoms with Crippen LogP contribution in [0.4, 0.5) is 15.8 Å². The second kappa shape index (κ2) is 5.65. The van der Waals surface area contributed by atoms with Crippen LogP contribution in [-0.2, 0) is 10.0 Å². The standard InChI is InChI=1S/C14H14BrFN2O2S/c1-8-6-11(16)12(17)7-14(8)21(19,20)18-13-5-3-4-10(15)9(13)2/h3-7,18H,17H2,1-2H3. The van der Waals surface area contributed by atoms with Gasteiger partial charge in [-0.3, -0.25) is 4.72 Å². The highest BCUT2D eigenvalue weighted by atomic mass is 79.9. The number of nitrogens with one attached hydrogen (secondary N) is 1. The second-order valence-electron chi connectivity index (χ2n) is 4.66. The van der Waals surface area contributed by atoms with Gasteiger partial charge in [0.25, 0.3) is 10.0 Å². The molecule has 2 rings (SSSR count). The van der Waals surface area contributed by atoms with Crippen molar-refractivity contribution in [1.82, 2.24) is 0 Å². The SMILES string of the molecule is Cc1cc(F)c(N)cc1S(=O)(=O)Nc1cccc(Br)c1C. The number of nitrogens with two attached hydrogens (primary N) is 1. The van der Waals surface area contributed by atoms with Gasteiger partial charge in [0.1, 0.15) is 5.82 Å². The molecule has 2 aromatic carbocycles. The molecule has 0 saturated heterocycles. The van der Waals surface area contributed by atoms with Crippen LogP contribution >= 0.6 is 15.9 Å². The summed E-state index contributed by atoms with van der Waals surface area (Å²) in [6.07, 6.45) is 0. The van der Waals surface area contributed by atoms with Crippen LogP contribution in [0.2, 0.25) is 0 Å². The van der Waals surface area contributed by atoms with Gasteiger partial charge < -0.3 is 5.73 Å². The average Bonchev–Trinajstić information content (AvgIpc) is 2.39. The normalized spacial score (nSPS) is 11.4. The van der Waals surface area contributed by atoms with Crippen molar-refractivity contribution >= 4 is 37.3 Å². The number of hydrogen-bond acceptors (Lipinski definition) is 3. The number of benzene rings is 2. The van der Waals surface area contributed by atoms with Gasteiger partial charge in [0.15, 0.2) is 0 Å². The molecule has 0 atom stereocenters. The number of hydrogen-bond donors (Lipinski definition) is 2. The molecule has 0 amide bonds. The lowest BCUT2D eigenvalue weighted by molar-refractivity contribution is 0.599. The number of sulfonamides is 1. The zero-order valence-electron chi connectivity index (χ0n) is 11.4. The molecule has 0 aromatic heterocycles. The third kappa shape index (κ3) is 3.19. The highest BCUT2D eigenvalue weighted by Gasteiger charge is 2.20. The molecule has 0 bridgehead atoms. The number of anilines is 2. The van der Waals surface area contributed by atoms with Gasteiger partial charge in [-0.1, -0.05) is 22.0 Å². The minimum atomic E-state index is -3.84. The molecule has 0 spiro atoms. The van der Waals surface area contributed by atoms with Crippen molar-refractivity contribution in [2.24, 2.45) is 0 Å². The summed E-state index contributed by atoms with van der Waals surface area (Å²) < 4.78 is 41.5. The molecule has 112 valence electrons. The van der Waals surface area contributed by atoms with Crippen molar-refractivity contribution in [3.8, 4) is 0 Å². The molecule has 0 heterocycles. The zero-order valence-corrected chi connectivity index (χ0v) is 13.8. The predicted octanol–water partition coefficient (Wildman–Crippen LogP) is 3.59. The van der Waals surface area contributed by atoms with Crippen LogP contribution in [0.15, 0.2) is 39.7 Å². The minimum Gasteiger partial charge on any atom is -0.396 e. The lowest BCUT2D eigenvalue weighted by atomic mass is 10.2. The molecule has 3 N–H and O–H groups in total. The minimum absolute atomic E-state index is 0.0409. The molecule has 0 aliphatic heterocycles. The monoisotopic (exact) mass is 372 g/mol. The topological polar surface area (TPSA) is 72.2 Å². The summed E-state index contributed by atoms with van der Waals surface area (Å²) in [6.45, 7) is 3.30. The van der Waals surface area contributed by atoms with E-state index in [0.717, 1.165) is 22.2 Å².